The molecular weight excluding hydrogens is 242 g/mol. The van der Waals surface area contributed by atoms with Crippen molar-refractivity contribution in [2.75, 3.05) is 5.32 Å². The van der Waals surface area contributed by atoms with Gasteiger partial charge < -0.3 is 5.32 Å². The largest absolute Gasteiger partial charge is 0.326 e. The van der Waals surface area contributed by atoms with Gasteiger partial charge in [-0.2, -0.15) is 0 Å². The molecule has 0 heterocycles. The number of halogens is 1. The van der Waals surface area contributed by atoms with Crippen molar-refractivity contribution in [3.05, 3.63) is 28.7 Å². The van der Waals surface area contributed by atoms with Gasteiger partial charge in [0.15, 0.2) is 0 Å². The third-order valence-corrected chi connectivity index (χ3v) is 3.06. The molecule has 3 heteroatoms. The molecule has 1 aliphatic carbocycles. The Kier molecular flexibility index (Phi) is 2.87. The van der Waals surface area contributed by atoms with Gasteiger partial charge in [-0.15, -0.1) is 0 Å². The Morgan fingerprint density at radius 2 is 2.21 bits per heavy atom. The molecule has 2 rings (SSSR count). The number of rotatable bonds is 2. The van der Waals surface area contributed by atoms with E-state index in [1.54, 1.807) is 0 Å². The van der Waals surface area contributed by atoms with Crippen LogP contribution in [0.5, 0.6) is 0 Å². The van der Waals surface area contributed by atoms with Crippen LogP contribution in [0.3, 0.4) is 0 Å². The molecule has 1 fully saturated rings. The summed E-state index contributed by atoms with van der Waals surface area (Å²) in [6.07, 6.45) is 3.27. The van der Waals surface area contributed by atoms with E-state index < -0.39 is 0 Å². The van der Waals surface area contributed by atoms with E-state index in [4.69, 9.17) is 0 Å². The van der Waals surface area contributed by atoms with Crippen LogP contribution in [0.25, 0.3) is 0 Å². The molecule has 0 atom stereocenters. The van der Waals surface area contributed by atoms with Crippen LogP contribution in [0.1, 0.15) is 19.3 Å². The molecule has 0 spiro atoms. The Bertz CT molecular complexity index is 347. The lowest BCUT2D eigenvalue weighted by atomic mass is 9.85. The van der Waals surface area contributed by atoms with Gasteiger partial charge in [-0.05, 0) is 31.0 Å². The van der Waals surface area contributed by atoms with Gasteiger partial charge in [-0.25, -0.2) is 0 Å². The van der Waals surface area contributed by atoms with Crippen molar-refractivity contribution in [1.82, 2.24) is 0 Å². The number of carbonyl (C=O) groups excluding carboxylic acids is 1. The molecule has 1 aromatic carbocycles. The minimum atomic E-state index is 0.161. The molecule has 74 valence electrons. The smallest absolute Gasteiger partial charge is 0.227 e. The summed E-state index contributed by atoms with van der Waals surface area (Å²) in [6.45, 7) is 0. The highest BCUT2D eigenvalue weighted by Gasteiger charge is 2.24. The van der Waals surface area contributed by atoms with E-state index in [9.17, 15) is 4.79 Å². The SMILES string of the molecule is O=C(Nc1cccc(Br)c1)C1CCC1. The van der Waals surface area contributed by atoms with Crippen LogP contribution >= 0.6 is 15.9 Å². The van der Waals surface area contributed by atoms with E-state index in [1.807, 2.05) is 24.3 Å². The first kappa shape index (κ1) is 9.71. The number of anilines is 1. The predicted molar refractivity (Wildman–Crippen MR) is 60.1 cm³/mol. The lowest BCUT2D eigenvalue weighted by Crippen LogP contribution is -2.27. The molecule has 0 saturated heterocycles. The quantitative estimate of drug-likeness (QED) is 0.862. The minimum Gasteiger partial charge on any atom is -0.326 e. The fourth-order valence-corrected chi connectivity index (χ4v) is 1.88. The second-order valence-corrected chi connectivity index (χ2v) is 4.54. The Morgan fingerprint density at radius 3 is 2.79 bits per heavy atom. The molecular formula is C11H12BrNO. The fourth-order valence-electron chi connectivity index (χ4n) is 1.48. The summed E-state index contributed by atoms with van der Waals surface area (Å²) in [5, 5.41) is 2.92. The van der Waals surface area contributed by atoms with Crippen LogP contribution < -0.4 is 5.32 Å². The molecule has 1 N–H and O–H groups in total. The molecule has 0 bridgehead atoms. The average Bonchev–Trinajstić information content (AvgIpc) is 1.99. The number of carbonyl (C=O) groups is 1. The van der Waals surface area contributed by atoms with Crippen molar-refractivity contribution in [1.29, 1.82) is 0 Å². The van der Waals surface area contributed by atoms with E-state index in [2.05, 4.69) is 21.2 Å². The standard InChI is InChI=1S/C11H12BrNO/c12-9-5-2-6-10(7-9)13-11(14)8-3-1-4-8/h2,5-8H,1,3-4H2,(H,13,14). The summed E-state index contributed by atoms with van der Waals surface area (Å²) in [5.41, 5.74) is 0.872. The second kappa shape index (κ2) is 4.13. The van der Waals surface area contributed by atoms with Gasteiger partial charge in [0.2, 0.25) is 5.91 Å². The number of amides is 1. The maximum atomic E-state index is 11.6. The summed E-state index contributed by atoms with van der Waals surface area (Å²) in [5.74, 6) is 0.406. The highest BCUT2D eigenvalue weighted by molar-refractivity contribution is 9.10. The second-order valence-electron chi connectivity index (χ2n) is 3.63. The normalized spacial score (nSPS) is 16.1. The number of nitrogens with one attached hydrogen (secondary N) is 1. The molecule has 2 nitrogen and oxygen atoms in total. The van der Waals surface area contributed by atoms with Crippen LogP contribution in [-0.4, -0.2) is 5.91 Å². The molecule has 1 saturated carbocycles. The molecule has 0 radical (unpaired) electrons. The molecule has 1 aliphatic rings. The lowest BCUT2D eigenvalue weighted by Gasteiger charge is -2.24. The van der Waals surface area contributed by atoms with Gasteiger partial charge in [-0.3, -0.25) is 4.79 Å². The number of benzene rings is 1. The van der Waals surface area contributed by atoms with Gasteiger partial charge >= 0.3 is 0 Å². The van der Waals surface area contributed by atoms with Crippen LogP contribution in [-0.2, 0) is 4.79 Å². The third kappa shape index (κ3) is 2.15. The summed E-state index contributed by atoms with van der Waals surface area (Å²) >= 11 is 3.37. The van der Waals surface area contributed by atoms with Crippen molar-refractivity contribution in [3.8, 4) is 0 Å². The maximum absolute atomic E-state index is 11.6. The Labute approximate surface area is 91.8 Å². The van der Waals surface area contributed by atoms with Crippen molar-refractivity contribution in [2.24, 2.45) is 5.92 Å². The molecule has 1 amide bonds. The van der Waals surface area contributed by atoms with Gasteiger partial charge in [0.1, 0.15) is 0 Å². The first-order chi connectivity index (χ1) is 6.75. The van der Waals surface area contributed by atoms with Crippen molar-refractivity contribution in [3.63, 3.8) is 0 Å². The predicted octanol–water partition coefficient (Wildman–Crippen LogP) is 3.19. The highest BCUT2D eigenvalue weighted by Crippen LogP contribution is 2.27. The lowest BCUT2D eigenvalue weighted by molar-refractivity contribution is -0.122. The van der Waals surface area contributed by atoms with Crippen molar-refractivity contribution in [2.45, 2.75) is 19.3 Å². The highest BCUT2D eigenvalue weighted by atomic mass is 79.9. The van der Waals surface area contributed by atoms with Crippen LogP contribution in [0.4, 0.5) is 5.69 Å². The zero-order valence-electron chi connectivity index (χ0n) is 7.79. The fraction of sp³-hybridized carbons (Fsp3) is 0.364. The minimum absolute atomic E-state index is 0.161. The van der Waals surface area contributed by atoms with E-state index in [0.717, 1.165) is 23.0 Å². The van der Waals surface area contributed by atoms with Crippen LogP contribution in [0.15, 0.2) is 28.7 Å². The van der Waals surface area contributed by atoms with Crippen molar-refractivity contribution >= 4 is 27.5 Å². The van der Waals surface area contributed by atoms with Crippen LogP contribution in [0, 0.1) is 5.92 Å². The van der Waals surface area contributed by atoms with Gasteiger partial charge in [0, 0.05) is 16.1 Å². The first-order valence-corrected chi connectivity index (χ1v) is 5.61. The Morgan fingerprint density at radius 1 is 1.43 bits per heavy atom. The summed E-state index contributed by atoms with van der Waals surface area (Å²) in [4.78, 5) is 11.6. The molecule has 0 aromatic heterocycles. The summed E-state index contributed by atoms with van der Waals surface area (Å²) in [6, 6.07) is 7.68. The first-order valence-electron chi connectivity index (χ1n) is 4.82. The Hall–Kier alpha value is -0.830. The molecule has 14 heavy (non-hydrogen) atoms. The zero-order chi connectivity index (χ0) is 9.97. The van der Waals surface area contributed by atoms with Gasteiger partial charge in [0.25, 0.3) is 0 Å². The molecule has 0 unspecified atom stereocenters. The topological polar surface area (TPSA) is 29.1 Å². The molecule has 0 aliphatic heterocycles. The van der Waals surface area contributed by atoms with Gasteiger partial charge in [0.05, 0.1) is 0 Å². The van der Waals surface area contributed by atoms with Gasteiger partial charge in [-0.1, -0.05) is 28.4 Å². The van der Waals surface area contributed by atoms with E-state index in [0.29, 0.717) is 0 Å². The van der Waals surface area contributed by atoms with Crippen LogP contribution in [0.2, 0.25) is 0 Å². The number of hydrogen-bond donors (Lipinski definition) is 1. The summed E-state index contributed by atoms with van der Waals surface area (Å²) in [7, 11) is 0. The monoisotopic (exact) mass is 253 g/mol. The zero-order valence-corrected chi connectivity index (χ0v) is 9.38. The molecule has 1 aromatic rings. The Balaban J connectivity index is 1.99. The summed E-state index contributed by atoms with van der Waals surface area (Å²) < 4.78 is 0.990. The maximum Gasteiger partial charge on any atom is 0.227 e. The van der Waals surface area contributed by atoms with Crippen molar-refractivity contribution < 1.29 is 4.79 Å². The average molecular weight is 254 g/mol. The van der Waals surface area contributed by atoms with E-state index >= 15 is 0 Å². The third-order valence-electron chi connectivity index (χ3n) is 2.57. The number of hydrogen-bond acceptors (Lipinski definition) is 1. The van der Waals surface area contributed by atoms with E-state index in [-0.39, 0.29) is 11.8 Å². The van der Waals surface area contributed by atoms with E-state index in [1.165, 1.54) is 6.42 Å².